The van der Waals surface area contributed by atoms with Gasteiger partial charge < -0.3 is 10.6 Å². The molecule has 0 aromatic carbocycles. The maximum Gasteiger partial charge on any atom is 0.225 e. The SMILES string of the molecule is CCCNc1cc(C)nc(NCc2cccnc2)n1. The third kappa shape index (κ3) is 4.21. The molecule has 0 radical (unpaired) electrons. The third-order valence-corrected chi connectivity index (χ3v) is 2.58. The standard InChI is InChI=1S/C14H19N5/c1-3-6-16-13-8-11(2)18-14(19-13)17-10-12-5-4-7-15-9-12/h4-5,7-9H,3,6,10H2,1-2H3,(H2,16,17,18,19). The van der Waals surface area contributed by atoms with Crippen LogP contribution in [0.4, 0.5) is 11.8 Å². The first kappa shape index (κ1) is 13.3. The maximum atomic E-state index is 4.43. The molecule has 2 aromatic heterocycles. The van der Waals surface area contributed by atoms with Crippen LogP contribution in [0.2, 0.25) is 0 Å². The smallest absolute Gasteiger partial charge is 0.225 e. The van der Waals surface area contributed by atoms with E-state index in [1.807, 2.05) is 31.3 Å². The van der Waals surface area contributed by atoms with Crippen molar-refractivity contribution >= 4 is 11.8 Å². The Bertz CT molecular complexity index is 512. The minimum absolute atomic E-state index is 0.641. The summed E-state index contributed by atoms with van der Waals surface area (Å²) < 4.78 is 0. The minimum atomic E-state index is 0.641. The molecule has 0 amide bonds. The van der Waals surface area contributed by atoms with Crippen molar-refractivity contribution in [3.8, 4) is 0 Å². The summed E-state index contributed by atoms with van der Waals surface area (Å²) in [7, 11) is 0. The van der Waals surface area contributed by atoms with Crippen LogP contribution in [-0.2, 0) is 6.54 Å². The average Bonchev–Trinajstić information content (AvgIpc) is 2.43. The van der Waals surface area contributed by atoms with Crippen LogP contribution in [0.1, 0.15) is 24.6 Å². The fourth-order valence-electron chi connectivity index (χ4n) is 1.68. The van der Waals surface area contributed by atoms with Gasteiger partial charge in [-0.05, 0) is 25.0 Å². The number of nitrogens with zero attached hydrogens (tertiary/aromatic N) is 3. The molecule has 5 heteroatoms. The molecule has 2 aromatic rings. The molecule has 0 unspecified atom stereocenters. The monoisotopic (exact) mass is 257 g/mol. The van der Waals surface area contributed by atoms with E-state index in [-0.39, 0.29) is 0 Å². The number of hydrogen-bond donors (Lipinski definition) is 2. The van der Waals surface area contributed by atoms with Gasteiger partial charge in [0.1, 0.15) is 5.82 Å². The molecule has 0 aliphatic carbocycles. The van der Waals surface area contributed by atoms with E-state index < -0.39 is 0 Å². The second kappa shape index (κ2) is 6.68. The lowest BCUT2D eigenvalue weighted by atomic mass is 10.3. The Morgan fingerprint density at radius 1 is 1.21 bits per heavy atom. The summed E-state index contributed by atoms with van der Waals surface area (Å²) in [5.41, 5.74) is 2.05. The molecule has 0 aliphatic heterocycles. The van der Waals surface area contributed by atoms with E-state index in [1.165, 1.54) is 0 Å². The Morgan fingerprint density at radius 3 is 2.84 bits per heavy atom. The summed E-state index contributed by atoms with van der Waals surface area (Å²) in [6, 6.07) is 5.89. The number of rotatable bonds is 6. The molecule has 2 rings (SSSR count). The van der Waals surface area contributed by atoms with Gasteiger partial charge in [-0.1, -0.05) is 13.0 Å². The first-order valence-corrected chi connectivity index (χ1v) is 6.50. The summed E-state index contributed by atoms with van der Waals surface area (Å²) in [6.07, 6.45) is 4.67. The molecular weight excluding hydrogens is 238 g/mol. The van der Waals surface area contributed by atoms with Crippen molar-refractivity contribution in [3.63, 3.8) is 0 Å². The van der Waals surface area contributed by atoms with Crippen molar-refractivity contribution in [1.82, 2.24) is 15.0 Å². The summed E-state index contributed by atoms with van der Waals surface area (Å²) in [5.74, 6) is 1.51. The van der Waals surface area contributed by atoms with Crippen molar-refractivity contribution in [1.29, 1.82) is 0 Å². The van der Waals surface area contributed by atoms with Crippen molar-refractivity contribution in [2.75, 3.05) is 17.2 Å². The lowest BCUT2D eigenvalue weighted by molar-refractivity contribution is 0.955. The van der Waals surface area contributed by atoms with Crippen molar-refractivity contribution < 1.29 is 0 Å². The van der Waals surface area contributed by atoms with Gasteiger partial charge in [0.05, 0.1) is 0 Å². The fourth-order valence-corrected chi connectivity index (χ4v) is 1.68. The molecule has 19 heavy (non-hydrogen) atoms. The molecule has 0 fully saturated rings. The van der Waals surface area contributed by atoms with Gasteiger partial charge >= 0.3 is 0 Å². The van der Waals surface area contributed by atoms with Crippen molar-refractivity contribution in [2.45, 2.75) is 26.8 Å². The molecule has 2 N–H and O–H groups in total. The topological polar surface area (TPSA) is 62.7 Å². The Balaban J connectivity index is 2.01. The average molecular weight is 257 g/mol. The Hall–Kier alpha value is -2.17. The van der Waals surface area contributed by atoms with Crippen LogP contribution in [0.25, 0.3) is 0 Å². The van der Waals surface area contributed by atoms with E-state index >= 15 is 0 Å². The summed E-state index contributed by atoms with van der Waals surface area (Å²) in [5, 5.41) is 6.49. The Kier molecular flexibility index (Phi) is 4.66. The molecule has 0 bridgehead atoms. The largest absolute Gasteiger partial charge is 0.370 e. The molecule has 0 saturated heterocycles. The quantitative estimate of drug-likeness (QED) is 0.833. The molecular formula is C14H19N5. The summed E-state index contributed by atoms with van der Waals surface area (Å²) in [4.78, 5) is 12.9. The zero-order valence-corrected chi connectivity index (χ0v) is 11.3. The zero-order chi connectivity index (χ0) is 13.5. The lowest BCUT2D eigenvalue weighted by Crippen LogP contribution is -2.08. The highest BCUT2D eigenvalue weighted by Gasteiger charge is 2.01. The van der Waals surface area contributed by atoms with E-state index in [0.717, 1.165) is 30.0 Å². The summed E-state index contributed by atoms with van der Waals surface area (Å²) >= 11 is 0. The van der Waals surface area contributed by atoms with E-state index in [4.69, 9.17) is 0 Å². The summed E-state index contributed by atoms with van der Waals surface area (Å²) in [6.45, 7) is 5.68. The van der Waals surface area contributed by atoms with Gasteiger partial charge in [-0.2, -0.15) is 4.98 Å². The van der Waals surface area contributed by atoms with Crippen LogP contribution < -0.4 is 10.6 Å². The lowest BCUT2D eigenvalue weighted by Gasteiger charge is -2.09. The van der Waals surface area contributed by atoms with Gasteiger partial charge in [-0.3, -0.25) is 4.98 Å². The van der Waals surface area contributed by atoms with Crippen LogP contribution in [-0.4, -0.2) is 21.5 Å². The van der Waals surface area contributed by atoms with E-state index in [9.17, 15) is 0 Å². The number of nitrogens with one attached hydrogen (secondary N) is 2. The maximum absolute atomic E-state index is 4.43. The normalized spacial score (nSPS) is 10.2. The van der Waals surface area contributed by atoms with Crippen LogP contribution in [0.3, 0.4) is 0 Å². The zero-order valence-electron chi connectivity index (χ0n) is 11.3. The fraction of sp³-hybridized carbons (Fsp3) is 0.357. The number of pyridine rings is 1. The van der Waals surface area contributed by atoms with Gasteiger partial charge in [0, 0.05) is 37.2 Å². The molecule has 0 spiro atoms. The van der Waals surface area contributed by atoms with Gasteiger partial charge in [-0.25, -0.2) is 4.98 Å². The second-order valence-electron chi connectivity index (χ2n) is 4.36. The highest BCUT2D eigenvalue weighted by Crippen LogP contribution is 2.10. The number of aryl methyl sites for hydroxylation is 1. The first-order valence-electron chi connectivity index (χ1n) is 6.50. The highest BCUT2D eigenvalue weighted by atomic mass is 15.1. The van der Waals surface area contributed by atoms with Crippen molar-refractivity contribution in [2.24, 2.45) is 0 Å². The van der Waals surface area contributed by atoms with Crippen LogP contribution in [0.5, 0.6) is 0 Å². The van der Waals surface area contributed by atoms with E-state index in [0.29, 0.717) is 12.5 Å². The number of anilines is 2. The molecule has 2 heterocycles. The molecule has 100 valence electrons. The van der Waals surface area contributed by atoms with Gasteiger partial charge in [0.25, 0.3) is 0 Å². The highest BCUT2D eigenvalue weighted by molar-refractivity contribution is 5.42. The van der Waals surface area contributed by atoms with Crippen LogP contribution >= 0.6 is 0 Å². The van der Waals surface area contributed by atoms with Crippen molar-refractivity contribution in [3.05, 3.63) is 41.9 Å². The minimum Gasteiger partial charge on any atom is -0.370 e. The second-order valence-corrected chi connectivity index (χ2v) is 4.36. The first-order chi connectivity index (χ1) is 9.28. The van der Waals surface area contributed by atoms with E-state index in [1.54, 1.807) is 6.20 Å². The van der Waals surface area contributed by atoms with Gasteiger partial charge in [0.15, 0.2) is 0 Å². The number of hydrogen-bond acceptors (Lipinski definition) is 5. The number of aromatic nitrogens is 3. The molecule has 5 nitrogen and oxygen atoms in total. The van der Waals surface area contributed by atoms with E-state index in [2.05, 4.69) is 32.5 Å². The third-order valence-electron chi connectivity index (χ3n) is 2.58. The Labute approximate surface area is 113 Å². The molecule has 0 saturated carbocycles. The predicted molar refractivity (Wildman–Crippen MR) is 77.1 cm³/mol. The van der Waals surface area contributed by atoms with Gasteiger partial charge in [0.2, 0.25) is 5.95 Å². The van der Waals surface area contributed by atoms with Crippen LogP contribution in [0.15, 0.2) is 30.6 Å². The predicted octanol–water partition coefficient (Wildman–Crippen LogP) is 2.61. The molecule has 0 aliphatic rings. The molecule has 0 atom stereocenters. The Morgan fingerprint density at radius 2 is 2.11 bits per heavy atom. The van der Waals surface area contributed by atoms with Crippen LogP contribution in [0, 0.1) is 6.92 Å². The van der Waals surface area contributed by atoms with Gasteiger partial charge in [-0.15, -0.1) is 0 Å².